The van der Waals surface area contributed by atoms with E-state index in [9.17, 15) is 4.39 Å². The molecule has 114 valence electrons. The van der Waals surface area contributed by atoms with E-state index in [0.717, 1.165) is 10.7 Å². The number of aliphatic hydroxyl groups excluding tert-OH is 1. The maximum atomic E-state index is 12.8. The van der Waals surface area contributed by atoms with Crippen LogP contribution in [0.15, 0.2) is 29.6 Å². The molecule has 2 rings (SSSR count). The van der Waals surface area contributed by atoms with Crippen LogP contribution in [0.3, 0.4) is 0 Å². The summed E-state index contributed by atoms with van der Waals surface area (Å²) in [5.74, 6) is 0.346. The van der Waals surface area contributed by atoms with Crippen LogP contribution in [0.4, 0.5) is 4.39 Å². The van der Waals surface area contributed by atoms with Crippen molar-refractivity contribution in [2.45, 2.75) is 26.1 Å². The summed E-state index contributed by atoms with van der Waals surface area (Å²) >= 11 is 1.53. The quantitative estimate of drug-likeness (QED) is 0.854. The van der Waals surface area contributed by atoms with Gasteiger partial charge in [0.05, 0.1) is 12.3 Å². The van der Waals surface area contributed by atoms with E-state index in [1.807, 2.05) is 24.3 Å². The van der Waals surface area contributed by atoms with Gasteiger partial charge in [-0.05, 0) is 38.2 Å². The Morgan fingerprint density at radius 3 is 2.76 bits per heavy atom. The van der Waals surface area contributed by atoms with E-state index in [1.54, 1.807) is 12.1 Å². The molecule has 0 aliphatic carbocycles. The number of ether oxygens (including phenoxy) is 1. The first-order valence-corrected chi connectivity index (χ1v) is 7.59. The van der Waals surface area contributed by atoms with Crippen molar-refractivity contribution in [3.05, 3.63) is 46.2 Å². The van der Waals surface area contributed by atoms with Crippen LogP contribution in [0.1, 0.15) is 17.6 Å². The normalized spacial score (nSPS) is 12.6. The highest BCUT2D eigenvalue weighted by Crippen LogP contribution is 2.17. The Morgan fingerprint density at radius 1 is 1.38 bits per heavy atom. The summed E-state index contributed by atoms with van der Waals surface area (Å²) in [7, 11) is 1.95. The lowest BCUT2D eigenvalue weighted by Gasteiger charge is -2.21. The molecule has 0 fully saturated rings. The molecule has 0 saturated heterocycles. The Morgan fingerprint density at radius 2 is 2.10 bits per heavy atom. The van der Waals surface area contributed by atoms with Crippen LogP contribution in [0.25, 0.3) is 0 Å². The minimum Gasteiger partial charge on any atom is -0.486 e. The number of likely N-dealkylation sites (N-methyl/N-ethyl adjacent to an activating group) is 1. The molecule has 21 heavy (non-hydrogen) atoms. The van der Waals surface area contributed by atoms with Gasteiger partial charge < -0.3 is 9.84 Å². The Bertz CT molecular complexity index is 559. The lowest BCUT2D eigenvalue weighted by molar-refractivity contribution is 0.153. The van der Waals surface area contributed by atoms with Gasteiger partial charge in [-0.1, -0.05) is 0 Å². The molecule has 0 amide bonds. The van der Waals surface area contributed by atoms with E-state index in [1.165, 1.54) is 23.5 Å². The SMILES string of the molecule is CC(CO)N(C)Cc1csc(COc2ccc(F)cc2)n1. The first kappa shape index (κ1) is 15.9. The van der Waals surface area contributed by atoms with Crippen LogP contribution in [0.5, 0.6) is 5.75 Å². The van der Waals surface area contributed by atoms with Crippen molar-refractivity contribution in [2.24, 2.45) is 0 Å². The average Bonchev–Trinajstić information content (AvgIpc) is 2.93. The van der Waals surface area contributed by atoms with E-state index in [4.69, 9.17) is 9.84 Å². The molecular weight excluding hydrogens is 291 g/mol. The number of thiazole rings is 1. The fraction of sp³-hybridized carbons (Fsp3) is 0.400. The second-order valence-electron chi connectivity index (χ2n) is 4.92. The Hall–Kier alpha value is -1.50. The van der Waals surface area contributed by atoms with Crippen LogP contribution in [-0.4, -0.2) is 34.7 Å². The Kier molecular flexibility index (Phi) is 5.67. The summed E-state index contributed by atoms with van der Waals surface area (Å²) in [4.78, 5) is 6.54. The maximum Gasteiger partial charge on any atom is 0.140 e. The van der Waals surface area contributed by atoms with Gasteiger partial charge in [-0.2, -0.15) is 0 Å². The van der Waals surface area contributed by atoms with E-state index in [2.05, 4.69) is 4.98 Å². The molecule has 1 unspecified atom stereocenters. The molecule has 0 aliphatic rings. The van der Waals surface area contributed by atoms with E-state index in [0.29, 0.717) is 18.9 Å². The van der Waals surface area contributed by atoms with Gasteiger partial charge >= 0.3 is 0 Å². The topological polar surface area (TPSA) is 45.6 Å². The van der Waals surface area contributed by atoms with Crippen molar-refractivity contribution < 1.29 is 14.2 Å². The third-order valence-corrected chi connectivity index (χ3v) is 4.07. The maximum absolute atomic E-state index is 12.8. The number of hydrogen-bond acceptors (Lipinski definition) is 5. The predicted octanol–water partition coefficient (Wildman–Crippen LogP) is 2.67. The number of aromatic nitrogens is 1. The fourth-order valence-corrected chi connectivity index (χ4v) is 2.41. The molecular formula is C15H19FN2O2S. The lowest BCUT2D eigenvalue weighted by atomic mass is 10.3. The molecule has 2 aromatic rings. The van der Waals surface area contributed by atoms with Crippen LogP contribution in [0.2, 0.25) is 0 Å². The first-order valence-electron chi connectivity index (χ1n) is 6.71. The lowest BCUT2D eigenvalue weighted by Crippen LogP contribution is -2.31. The molecule has 1 heterocycles. The third kappa shape index (κ3) is 4.77. The summed E-state index contributed by atoms with van der Waals surface area (Å²) in [5.41, 5.74) is 0.959. The van der Waals surface area contributed by atoms with E-state index in [-0.39, 0.29) is 18.5 Å². The van der Waals surface area contributed by atoms with Crippen molar-refractivity contribution in [2.75, 3.05) is 13.7 Å². The molecule has 1 atom stereocenters. The second kappa shape index (κ2) is 7.49. The number of hydrogen-bond donors (Lipinski definition) is 1. The van der Waals surface area contributed by atoms with Gasteiger partial charge in [0.2, 0.25) is 0 Å². The van der Waals surface area contributed by atoms with E-state index < -0.39 is 0 Å². The number of aliphatic hydroxyl groups is 1. The largest absolute Gasteiger partial charge is 0.486 e. The third-order valence-electron chi connectivity index (χ3n) is 3.20. The summed E-state index contributed by atoms with van der Waals surface area (Å²) in [6.45, 7) is 3.15. The molecule has 1 aromatic carbocycles. The van der Waals surface area contributed by atoms with Gasteiger partial charge in [0.25, 0.3) is 0 Å². The molecule has 1 N–H and O–H groups in total. The minimum absolute atomic E-state index is 0.102. The Balaban J connectivity index is 1.86. The van der Waals surface area contributed by atoms with Crippen molar-refractivity contribution in [3.8, 4) is 5.75 Å². The van der Waals surface area contributed by atoms with Crippen LogP contribution in [-0.2, 0) is 13.2 Å². The zero-order valence-corrected chi connectivity index (χ0v) is 12.9. The summed E-state index contributed by atoms with van der Waals surface area (Å²) in [6, 6.07) is 6.04. The second-order valence-corrected chi connectivity index (χ2v) is 5.86. The molecule has 0 spiro atoms. The van der Waals surface area contributed by atoms with Crippen molar-refractivity contribution in [1.29, 1.82) is 0 Å². The molecule has 0 radical (unpaired) electrons. The van der Waals surface area contributed by atoms with Crippen molar-refractivity contribution >= 4 is 11.3 Å². The van der Waals surface area contributed by atoms with Gasteiger partial charge in [-0.15, -0.1) is 11.3 Å². The van der Waals surface area contributed by atoms with Crippen LogP contribution >= 0.6 is 11.3 Å². The number of halogens is 1. The fourth-order valence-electron chi connectivity index (χ4n) is 1.71. The number of rotatable bonds is 7. The zero-order chi connectivity index (χ0) is 15.2. The smallest absolute Gasteiger partial charge is 0.140 e. The van der Waals surface area contributed by atoms with Crippen LogP contribution < -0.4 is 4.74 Å². The first-order chi connectivity index (χ1) is 10.1. The zero-order valence-electron chi connectivity index (χ0n) is 12.1. The van der Waals surface area contributed by atoms with Gasteiger partial charge in [0.15, 0.2) is 0 Å². The average molecular weight is 310 g/mol. The summed E-state index contributed by atoms with van der Waals surface area (Å²) < 4.78 is 18.3. The van der Waals surface area contributed by atoms with Gasteiger partial charge in [0.1, 0.15) is 23.2 Å². The summed E-state index contributed by atoms with van der Waals surface area (Å²) in [6.07, 6.45) is 0. The highest BCUT2D eigenvalue weighted by atomic mass is 32.1. The van der Waals surface area contributed by atoms with Gasteiger partial charge in [-0.25, -0.2) is 9.37 Å². The molecule has 6 heteroatoms. The highest BCUT2D eigenvalue weighted by Gasteiger charge is 2.10. The standard InChI is InChI=1S/C15H19FN2O2S/c1-11(8-19)18(2)7-13-10-21-15(17-13)9-20-14-5-3-12(16)4-6-14/h3-6,10-11,19H,7-9H2,1-2H3. The van der Waals surface area contributed by atoms with E-state index >= 15 is 0 Å². The van der Waals surface area contributed by atoms with Crippen LogP contribution in [0, 0.1) is 5.82 Å². The molecule has 0 saturated carbocycles. The molecule has 1 aromatic heterocycles. The summed E-state index contributed by atoms with van der Waals surface area (Å²) in [5, 5.41) is 12.0. The molecule has 0 aliphatic heterocycles. The molecule has 0 bridgehead atoms. The van der Waals surface area contributed by atoms with Gasteiger partial charge in [-0.3, -0.25) is 4.90 Å². The molecule has 4 nitrogen and oxygen atoms in total. The van der Waals surface area contributed by atoms with Crippen molar-refractivity contribution in [1.82, 2.24) is 9.88 Å². The monoisotopic (exact) mass is 310 g/mol. The van der Waals surface area contributed by atoms with Crippen molar-refractivity contribution in [3.63, 3.8) is 0 Å². The number of benzene rings is 1. The number of nitrogens with zero attached hydrogens (tertiary/aromatic N) is 2. The van der Waals surface area contributed by atoms with Gasteiger partial charge in [0, 0.05) is 18.0 Å². The highest BCUT2D eigenvalue weighted by molar-refractivity contribution is 7.09. The predicted molar refractivity (Wildman–Crippen MR) is 80.9 cm³/mol. The Labute approximate surface area is 127 Å². The minimum atomic E-state index is -0.278.